The van der Waals surface area contributed by atoms with Crippen LogP contribution in [-0.2, 0) is 14.3 Å². The largest absolute Gasteiger partial charge is 0.444 e. The van der Waals surface area contributed by atoms with Crippen LogP contribution in [0.3, 0.4) is 0 Å². The van der Waals surface area contributed by atoms with Gasteiger partial charge in [0.2, 0.25) is 11.8 Å². The first-order valence-corrected chi connectivity index (χ1v) is 11.3. The second-order valence-corrected chi connectivity index (χ2v) is 9.37. The van der Waals surface area contributed by atoms with Crippen molar-refractivity contribution in [3.8, 4) is 11.8 Å². The molecule has 1 unspecified atom stereocenters. The number of aldehydes is 1. The van der Waals surface area contributed by atoms with Crippen molar-refractivity contribution in [1.82, 2.24) is 15.5 Å². The van der Waals surface area contributed by atoms with E-state index in [2.05, 4.69) is 22.5 Å². The molecule has 0 radical (unpaired) electrons. The van der Waals surface area contributed by atoms with Crippen LogP contribution >= 0.6 is 0 Å². The van der Waals surface area contributed by atoms with Crippen molar-refractivity contribution >= 4 is 30.1 Å². The number of benzene rings is 1. The molecule has 0 bridgehead atoms. The Kier molecular flexibility index (Phi) is 7.72. The second kappa shape index (κ2) is 10.5. The predicted octanol–water partition coefficient (Wildman–Crippen LogP) is 2.03. The van der Waals surface area contributed by atoms with Crippen LogP contribution in [0.1, 0.15) is 72.7 Å². The molecule has 0 aliphatic carbocycles. The number of piperidine rings is 2. The Balaban J connectivity index is 1.66. The topological polar surface area (TPSA) is 122 Å². The molecule has 0 aromatic heterocycles. The van der Waals surface area contributed by atoms with Gasteiger partial charge in [0.25, 0.3) is 5.91 Å². The van der Waals surface area contributed by atoms with E-state index < -0.39 is 23.5 Å². The average molecular weight is 468 g/mol. The molecule has 2 fully saturated rings. The first kappa shape index (κ1) is 25.0. The molecule has 0 spiro atoms. The molecule has 2 aliphatic rings. The molecule has 1 aromatic rings. The van der Waals surface area contributed by atoms with Crippen molar-refractivity contribution in [2.45, 2.75) is 58.1 Å². The summed E-state index contributed by atoms with van der Waals surface area (Å²) in [6.45, 7) is 6.54. The van der Waals surface area contributed by atoms with Crippen molar-refractivity contribution in [2.75, 3.05) is 13.1 Å². The van der Waals surface area contributed by atoms with E-state index in [0.717, 1.165) is 0 Å². The Bertz CT molecular complexity index is 1050. The molecule has 2 aliphatic heterocycles. The number of nitrogens with one attached hydrogen (secondary N) is 2. The molecule has 3 rings (SSSR count). The SMILES string of the molecule is CC(C)(C)OC(=O)N1CCC(C#Cc2cccc(C(=O)NC3CCC(=O)NC3=O)c2C=O)CC1. The van der Waals surface area contributed by atoms with E-state index in [0.29, 0.717) is 37.8 Å². The zero-order chi connectivity index (χ0) is 24.9. The molecule has 4 amide bonds. The Labute approximate surface area is 198 Å². The number of nitrogens with zero attached hydrogens (tertiary/aromatic N) is 1. The Morgan fingerprint density at radius 3 is 2.50 bits per heavy atom. The maximum absolute atomic E-state index is 12.7. The summed E-state index contributed by atoms with van der Waals surface area (Å²) in [5, 5.41) is 4.77. The van der Waals surface area contributed by atoms with E-state index in [9.17, 15) is 24.0 Å². The maximum atomic E-state index is 12.7. The predicted molar refractivity (Wildman–Crippen MR) is 123 cm³/mol. The lowest BCUT2D eigenvalue weighted by atomic mass is 9.96. The fraction of sp³-hybridized carbons (Fsp3) is 0.480. The molecule has 9 nitrogen and oxygen atoms in total. The second-order valence-electron chi connectivity index (χ2n) is 9.37. The van der Waals surface area contributed by atoms with Crippen molar-refractivity contribution in [3.63, 3.8) is 0 Å². The van der Waals surface area contributed by atoms with E-state index >= 15 is 0 Å². The van der Waals surface area contributed by atoms with E-state index in [4.69, 9.17) is 4.74 Å². The summed E-state index contributed by atoms with van der Waals surface area (Å²) >= 11 is 0. The monoisotopic (exact) mass is 467 g/mol. The normalized spacial score (nSPS) is 18.9. The molecule has 1 atom stereocenters. The minimum absolute atomic E-state index is 0.0409. The van der Waals surface area contributed by atoms with Crippen LogP contribution in [0.25, 0.3) is 0 Å². The van der Waals surface area contributed by atoms with Gasteiger partial charge < -0.3 is 15.0 Å². The van der Waals surface area contributed by atoms with Gasteiger partial charge >= 0.3 is 6.09 Å². The highest BCUT2D eigenvalue weighted by Gasteiger charge is 2.29. The third kappa shape index (κ3) is 6.44. The lowest BCUT2D eigenvalue weighted by Crippen LogP contribution is -2.52. The van der Waals surface area contributed by atoms with Crippen molar-refractivity contribution in [1.29, 1.82) is 0 Å². The summed E-state index contributed by atoms with van der Waals surface area (Å²) in [5.74, 6) is 4.69. The first-order chi connectivity index (χ1) is 16.1. The smallest absolute Gasteiger partial charge is 0.410 e. The lowest BCUT2D eigenvalue weighted by Gasteiger charge is -2.31. The highest BCUT2D eigenvalue weighted by atomic mass is 16.6. The average Bonchev–Trinajstić information content (AvgIpc) is 2.78. The van der Waals surface area contributed by atoms with Crippen LogP contribution in [0, 0.1) is 17.8 Å². The van der Waals surface area contributed by atoms with Gasteiger partial charge in [-0.05, 0) is 52.2 Å². The summed E-state index contributed by atoms with van der Waals surface area (Å²) in [6.07, 6.45) is 1.94. The number of imide groups is 1. The van der Waals surface area contributed by atoms with Gasteiger partial charge in [-0.25, -0.2) is 4.79 Å². The van der Waals surface area contributed by atoms with Crippen molar-refractivity contribution < 1.29 is 28.7 Å². The van der Waals surface area contributed by atoms with Crippen molar-refractivity contribution in [2.24, 2.45) is 5.92 Å². The Morgan fingerprint density at radius 2 is 1.88 bits per heavy atom. The first-order valence-electron chi connectivity index (χ1n) is 11.3. The van der Waals surface area contributed by atoms with Crippen LogP contribution in [0.5, 0.6) is 0 Å². The molecular formula is C25H29N3O6. The quantitative estimate of drug-likeness (QED) is 0.399. The van der Waals surface area contributed by atoms with Crippen LogP contribution in [0.15, 0.2) is 18.2 Å². The van der Waals surface area contributed by atoms with Crippen molar-refractivity contribution in [3.05, 3.63) is 34.9 Å². The number of ether oxygens (including phenoxy) is 1. The molecule has 9 heteroatoms. The molecule has 2 saturated heterocycles. The minimum atomic E-state index is -0.838. The fourth-order valence-corrected chi connectivity index (χ4v) is 3.78. The van der Waals surface area contributed by atoms with Gasteiger partial charge in [-0.15, -0.1) is 0 Å². The van der Waals surface area contributed by atoms with Gasteiger partial charge in [0.05, 0.1) is 5.56 Å². The zero-order valence-corrected chi connectivity index (χ0v) is 19.6. The summed E-state index contributed by atoms with van der Waals surface area (Å²) in [5.41, 5.74) is 0.131. The molecule has 1 aromatic carbocycles. The van der Waals surface area contributed by atoms with E-state index in [1.807, 2.05) is 20.8 Å². The number of hydrogen-bond donors (Lipinski definition) is 2. The lowest BCUT2D eigenvalue weighted by molar-refractivity contribution is -0.134. The fourth-order valence-electron chi connectivity index (χ4n) is 3.78. The summed E-state index contributed by atoms with van der Waals surface area (Å²) in [6, 6.07) is 3.95. The molecule has 34 heavy (non-hydrogen) atoms. The number of rotatable bonds is 3. The van der Waals surface area contributed by atoms with E-state index in [1.54, 1.807) is 17.0 Å². The molecule has 180 valence electrons. The standard InChI is InChI=1S/C25H29N3O6/c1-25(2,3)34-24(33)28-13-11-16(12-14-28)7-8-17-5-4-6-18(19(17)15-29)22(31)26-20-9-10-21(30)27-23(20)32/h4-6,15-16,20H,9-14H2,1-3H3,(H,26,31)(H,27,30,32). The van der Waals surface area contributed by atoms with Gasteiger partial charge in [-0.2, -0.15) is 0 Å². The van der Waals surface area contributed by atoms with Crippen LogP contribution in [0.2, 0.25) is 0 Å². The molecule has 0 saturated carbocycles. The number of carbonyl (C=O) groups excluding carboxylic acids is 5. The summed E-state index contributed by atoms with van der Waals surface area (Å²) < 4.78 is 5.41. The zero-order valence-electron chi connectivity index (χ0n) is 19.6. The number of likely N-dealkylation sites (tertiary alicyclic amines) is 1. The Hall–Kier alpha value is -3.67. The third-order valence-electron chi connectivity index (χ3n) is 5.57. The maximum Gasteiger partial charge on any atom is 0.410 e. The Morgan fingerprint density at radius 1 is 1.18 bits per heavy atom. The van der Waals surface area contributed by atoms with E-state index in [-0.39, 0.29) is 41.9 Å². The van der Waals surface area contributed by atoms with Gasteiger partial charge in [-0.1, -0.05) is 17.9 Å². The highest BCUT2D eigenvalue weighted by molar-refractivity contribution is 6.06. The third-order valence-corrected chi connectivity index (χ3v) is 5.57. The highest BCUT2D eigenvalue weighted by Crippen LogP contribution is 2.20. The van der Waals surface area contributed by atoms with Crippen LogP contribution in [0.4, 0.5) is 4.79 Å². The molecule has 2 N–H and O–H groups in total. The summed E-state index contributed by atoms with van der Waals surface area (Å²) in [7, 11) is 0. The summed E-state index contributed by atoms with van der Waals surface area (Å²) in [4.78, 5) is 61.7. The minimum Gasteiger partial charge on any atom is -0.444 e. The van der Waals surface area contributed by atoms with E-state index in [1.165, 1.54) is 6.07 Å². The van der Waals surface area contributed by atoms with Crippen LogP contribution in [-0.4, -0.2) is 59.7 Å². The molecule has 2 heterocycles. The van der Waals surface area contributed by atoms with Gasteiger partial charge in [0.1, 0.15) is 11.6 Å². The number of amides is 4. The molecular weight excluding hydrogens is 438 g/mol. The van der Waals surface area contributed by atoms with Gasteiger partial charge in [0, 0.05) is 36.6 Å². The van der Waals surface area contributed by atoms with Crippen LogP contribution < -0.4 is 10.6 Å². The van der Waals surface area contributed by atoms with Gasteiger partial charge in [0.15, 0.2) is 6.29 Å². The number of hydrogen-bond acceptors (Lipinski definition) is 6. The number of carbonyl (C=O) groups is 5. The van der Waals surface area contributed by atoms with Gasteiger partial charge in [-0.3, -0.25) is 24.5 Å².